The van der Waals surface area contributed by atoms with Gasteiger partial charge in [-0.3, -0.25) is 9.59 Å². The summed E-state index contributed by atoms with van der Waals surface area (Å²) in [4.78, 5) is 24.1. The van der Waals surface area contributed by atoms with E-state index in [-0.39, 0.29) is 42.4 Å². The van der Waals surface area contributed by atoms with Crippen molar-refractivity contribution in [1.29, 1.82) is 0 Å². The fraction of sp³-hybridized carbons (Fsp3) is 0.333. The quantitative estimate of drug-likeness (QED) is 0.774. The Balaban J connectivity index is 1.44. The van der Waals surface area contributed by atoms with E-state index in [0.29, 0.717) is 25.5 Å². The third-order valence-electron chi connectivity index (χ3n) is 4.70. The molecule has 0 spiro atoms. The highest BCUT2D eigenvalue weighted by Gasteiger charge is 2.25. The average Bonchev–Trinajstić information content (AvgIpc) is 2.68. The molecule has 0 bridgehead atoms. The van der Waals surface area contributed by atoms with Crippen LogP contribution in [0, 0.1) is 17.5 Å². The molecule has 2 aromatic rings. The van der Waals surface area contributed by atoms with Crippen LogP contribution in [0.5, 0.6) is 0 Å². The van der Waals surface area contributed by atoms with Crippen LogP contribution in [0.25, 0.3) is 0 Å². The zero-order chi connectivity index (χ0) is 20.8. The maximum absolute atomic E-state index is 13.6. The van der Waals surface area contributed by atoms with Gasteiger partial charge in [-0.1, -0.05) is 12.1 Å². The number of amides is 2. The first-order valence-electron chi connectivity index (χ1n) is 9.32. The third kappa shape index (κ3) is 5.80. The summed E-state index contributed by atoms with van der Waals surface area (Å²) in [6.45, 7) is 0.486. The van der Waals surface area contributed by atoms with Crippen molar-refractivity contribution in [2.24, 2.45) is 0 Å². The molecular formula is C21H21F3N2O3. The first kappa shape index (κ1) is 20.9. The van der Waals surface area contributed by atoms with Crippen LogP contribution < -0.4 is 10.6 Å². The second-order valence-electron chi connectivity index (χ2n) is 6.83. The summed E-state index contributed by atoms with van der Waals surface area (Å²) in [6, 6.07) is 8.63. The summed E-state index contributed by atoms with van der Waals surface area (Å²) < 4.78 is 45.2. The SMILES string of the molecule is O=C(CCNC(=O)c1ccc(F)cc1F)NC1CCOC(c2ccc(F)cc2)C1. The van der Waals surface area contributed by atoms with Crippen LogP contribution >= 0.6 is 0 Å². The van der Waals surface area contributed by atoms with Crippen molar-refractivity contribution in [3.05, 3.63) is 71.0 Å². The molecule has 1 aliphatic rings. The van der Waals surface area contributed by atoms with Gasteiger partial charge in [0.1, 0.15) is 17.5 Å². The van der Waals surface area contributed by atoms with E-state index in [4.69, 9.17) is 4.74 Å². The molecule has 154 valence electrons. The molecule has 8 heteroatoms. The van der Waals surface area contributed by atoms with Gasteiger partial charge in [-0.2, -0.15) is 0 Å². The second kappa shape index (κ2) is 9.56. The van der Waals surface area contributed by atoms with E-state index in [1.807, 2.05) is 0 Å². The summed E-state index contributed by atoms with van der Waals surface area (Å²) in [5.74, 6) is -3.01. The van der Waals surface area contributed by atoms with Crippen molar-refractivity contribution in [3.8, 4) is 0 Å². The zero-order valence-electron chi connectivity index (χ0n) is 15.6. The number of halogens is 3. The average molecular weight is 406 g/mol. The molecule has 1 saturated heterocycles. The lowest BCUT2D eigenvalue weighted by molar-refractivity contribution is -0.122. The van der Waals surface area contributed by atoms with Crippen LogP contribution in [0.4, 0.5) is 13.2 Å². The number of hydrogen-bond donors (Lipinski definition) is 2. The molecule has 1 heterocycles. The molecule has 2 aromatic carbocycles. The summed E-state index contributed by atoms with van der Waals surface area (Å²) in [5, 5.41) is 5.34. The van der Waals surface area contributed by atoms with Gasteiger partial charge in [-0.05, 0) is 42.7 Å². The fourth-order valence-corrected chi connectivity index (χ4v) is 3.20. The van der Waals surface area contributed by atoms with Crippen LogP contribution in [0.15, 0.2) is 42.5 Å². The smallest absolute Gasteiger partial charge is 0.254 e. The Morgan fingerprint density at radius 1 is 1.03 bits per heavy atom. The Labute approximate surface area is 166 Å². The summed E-state index contributed by atoms with van der Waals surface area (Å²) >= 11 is 0. The minimum Gasteiger partial charge on any atom is -0.373 e. The number of nitrogens with one attached hydrogen (secondary N) is 2. The molecule has 2 N–H and O–H groups in total. The van der Waals surface area contributed by atoms with Gasteiger partial charge < -0.3 is 15.4 Å². The molecule has 2 amide bonds. The highest BCUT2D eigenvalue weighted by Crippen LogP contribution is 2.28. The van der Waals surface area contributed by atoms with E-state index in [9.17, 15) is 22.8 Å². The van der Waals surface area contributed by atoms with Crippen molar-refractivity contribution in [1.82, 2.24) is 10.6 Å². The molecular weight excluding hydrogens is 385 g/mol. The van der Waals surface area contributed by atoms with Gasteiger partial charge in [-0.15, -0.1) is 0 Å². The van der Waals surface area contributed by atoms with Gasteiger partial charge in [0.15, 0.2) is 0 Å². The predicted octanol–water partition coefficient (Wildman–Crippen LogP) is 3.26. The van der Waals surface area contributed by atoms with Crippen LogP contribution in [0.3, 0.4) is 0 Å². The molecule has 5 nitrogen and oxygen atoms in total. The van der Waals surface area contributed by atoms with Gasteiger partial charge in [-0.25, -0.2) is 13.2 Å². The lowest BCUT2D eigenvalue weighted by Crippen LogP contribution is -2.41. The molecule has 0 aliphatic carbocycles. The Bertz CT molecular complexity index is 874. The number of carbonyl (C=O) groups excluding carboxylic acids is 2. The van der Waals surface area contributed by atoms with Gasteiger partial charge in [0.25, 0.3) is 5.91 Å². The van der Waals surface area contributed by atoms with Gasteiger partial charge in [0.05, 0.1) is 11.7 Å². The number of benzene rings is 2. The number of ether oxygens (including phenoxy) is 1. The number of hydrogen-bond acceptors (Lipinski definition) is 3. The molecule has 29 heavy (non-hydrogen) atoms. The first-order valence-corrected chi connectivity index (χ1v) is 9.32. The second-order valence-corrected chi connectivity index (χ2v) is 6.83. The standard InChI is InChI=1S/C21H21F3N2O3/c22-14-3-1-13(2-4-14)19-12-16(8-10-29-19)26-20(27)7-9-25-21(28)17-6-5-15(23)11-18(17)24/h1-6,11,16,19H,7-10,12H2,(H,25,28)(H,26,27). The summed E-state index contributed by atoms with van der Waals surface area (Å²) in [7, 11) is 0. The Morgan fingerprint density at radius 2 is 1.76 bits per heavy atom. The van der Waals surface area contributed by atoms with Crippen molar-refractivity contribution < 1.29 is 27.5 Å². The minimum atomic E-state index is -0.957. The Kier molecular flexibility index (Phi) is 6.87. The van der Waals surface area contributed by atoms with Crippen LogP contribution in [-0.2, 0) is 9.53 Å². The van der Waals surface area contributed by atoms with Crippen molar-refractivity contribution in [2.75, 3.05) is 13.2 Å². The van der Waals surface area contributed by atoms with Gasteiger partial charge in [0, 0.05) is 31.7 Å². The maximum atomic E-state index is 13.6. The van der Waals surface area contributed by atoms with E-state index < -0.39 is 17.5 Å². The van der Waals surface area contributed by atoms with E-state index in [1.54, 1.807) is 12.1 Å². The highest BCUT2D eigenvalue weighted by molar-refractivity contribution is 5.94. The van der Waals surface area contributed by atoms with Gasteiger partial charge >= 0.3 is 0 Å². The van der Waals surface area contributed by atoms with E-state index in [2.05, 4.69) is 10.6 Å². The van der Waals surface area contributed by atoms with E-state index in [0.717, 1.165) is 17.7 Å². The van der Waals surface area contributed by atoms with E-state index in [1.165, 1.54) is 12.1 Å². The minimum absolute atomic E-state index is 0.0199. The topological polar surface area (TPSA) is 67.4 Å². The van der Waals surface area contributed by atoms with Crippen LogP contribution in [-0.4, -0.2) is 31.0 Å². The molecule has 2 atom stereocenters. The first-order chi connectivity index (χ1) is 13.9. The zero-order valence-corrected chi connectivity index (χ0v) is 15.6. The fourth-order valence-electron chi connectivity index (χ4n) is 3.20. The van der Waals surface area contributed by atoms with Gasteiger partial charge in [0.2, 0.25) is 5.91 Å². The number of carbonyl (C=O) groups is 2. The number of rotatable bonds is 6. The van der Waals surface area contributed by atoms with Crippen LogP contribution in [0.1, 0.15) is 41.3 Å². The summed E-state index contributed by atoms with van der Waals surface area (Å²) in [6.07, 6.45) is 1.00. The van der Waals surface area contributed by atoms with Crippen molar-refractivity contribution in [3.63, 3.8) is 0 Å². The predicted molar refractivity (Wildman–Crippen MR) is 99.6 cm³/mol. The maximum Gasteiger partial charge on any atom is 0.254 e. The molecule has 2 unspecified atom stereocenters. The normalized spacial score (nSPS) is 18.9. The van der Waals surface area contributed by atoms with Crippen molar-refractivity contribution >= 4 is 11.8 Å². The largest absolute Gasteiger partial charge is 0.373 e. The van der Waals surface area contributed by atoms with Crippen molar-refractivity contribution in [2.45, 2.75) is 31.4 Å². The molecule has 1 aliphatic heterocycles. The third-order valence-corrected chi connectivity index (χ3v) is 4.70. The molecule has 0 aromatic heterocycles. The van der Waals surface area contributed by atoms with Crippen LogP contribution in [0.2, 0.25) is 0 Å². The highest BCUT2D eigenvalue weighted by atomic mass is 19.1. The van der Waals surface area contributed by atoms with E-state index >= 15 is 0 Å². The Morgan fingerprint density at radius 3 is 2.48 bits per heavy atom. The Hall–Kier alpha value is -2.87. The lowest BCUT2D eigenvalue weighted by atomic mass is 9.97. The molecule has 1 fully saturated rings. The molecule has 0 radical (unpaired) electrons. The summed E-state index contributed by atoms with van der Waals surface area (Å²) in [5.41, 5.74) is 0.567. The monoisotopic (exact) mass is 406 g/mol. The molecule has 0 saturated carbocycles. The lowest BCUT2D eigenvalue weighted by Gasteiger charge is -2.30. The molecule has 3 rings (SSSR count).